The van der Waals surface area contributed by atoms with Gasteiger partial charge in [0.05, 0.1) is 5.56 Å². The van der Waals surface area contributed by atoms with Crippen molar-refractivity contribution in [2.75, 3.05) is 0 Å². The second kappa shape index (κ2) is 4.80. The molecule has 0 saturated heterocycles. The zero-order valence-corrected chi connectivity index (χ0v) is 12.9. The summed E-state index contributed by atoms with van der Waals surface area (Å²) in [5.41, 5.74) is 4.66. The normalized spacial score (nSPS) is 15.7. The number of aryl methyl sites for hydroxylation is 1. The van der Waals surface area contributed by atoms with E-state index in [1.165, 1.54) is 0 Å². The van der Waals surface area contributed by atoms with Crippen molar-refractivity contribution in [2.45, 2.75) is 27.2 Å². The first-order valence-electron chi connectivity index (χ1n) is 7.32. The van der Waals surface area contributed by atoms with Crippen molar-refractivity contribution in [1.82, 2.24) is 0 Å². The van der Waals surface area contributed by atoms with Crippen LogP contribution in [0.15, 0.2) is 36.4 Å². The maximum atomic E-state index is 12.3. The predicted molar refractivity (Wildman–Crippen MR) is 85.4 cm³/mol. The van der Waals surface area contributed by atoms with Crippen molar-refractivity contribution in [3.8, 4) is 11.1 Å². The van der Waals surface area contributed by atoms with Crippen LogP contribution in [0.1, 0.15) is 45.7 Å². The summed E-state index contributed by atoms with van der Waals surface area (Å²) < 4.78 is 0. The molecule has 0 unspecified atom stereocenters. The largest absolute Gasteiger partial charge is 0.478 e. The quantitative estimate of drug-likeness (QED) is 0.906. The topological polar surface area (TPSA) is 54.4 Å². The number of hydrogen-bond acceptors (Lipinski definition) is 2. The molecule has 0 aromatic heterocycles. The first-order valence-corrected chi connectivity index (χ1v) is 7.32. The van der Waals surface area contributed by atoms with Gasteiger partial charge in [0.25, 0.3) is 0 Å². The molecule has 3 rings (SSSR count). The number of hydrogen-bond donors (Lipinski definition) is 1. The molecule has 2 aromatic rings. The SMILES string of the molecule is Cc1ccc(C(=O)O)cc1-c1ccc2c(c1)CC(C)(C)C2=O. The molecule has 0 radical (unpaired) electrons. The zero-order valence-electron chi connectivity index (χ0n) is 12.9. The van der Waals surface area contributed by atoms with Gasteiger partial charge in [-0.25, -0.2) is 4.79 Å². The molecule has 0 saturated carbocycles. The minimum absolute atomic E-state index is 0.185. The highest BCUT2D eigenvalue weighted by atomic mass is 16.4. The number of Topliss-reactive ketones (excluding diaryl/α,β-unsaturated/α-hetero) is 1. The molecule has 0 atom stereocenters. The van der Waals surface area contributed by atoms with E-state index >= 15 is 0 Å². The van der Waals surface area contributed by atoms with Crippen LogP contribution in [0.4, 0.5) is 0 Å². The summed E-state index contributed by atoms with van der Waals surface area (Å²) in [6.07, 6.45) is 0.729. The van der Waals surface area contributed by atoms with Crippen LogP contribution < -0.4 is 0 Å². The summed E-state index contributed by atoms with van der Waals surface area (Å²) >= 11 is 0. The first-order chi connectivity index (χ1) is 10.3. The Morgan fingerprint density at radius 2 is 1.82 bits per heavy atom. The Bertz CT molecular complexity index is 800. The van der Waals surface area contributed by atoms with Crippen LogP contribution in [0, 0.1) is 12.3 Å². The Kier molecular flexibility index (Phi) is 3.17. The maximum Gasteiger partial charge on any atom is 0.335 e. The number of benzene rings is 2. The molecule has 0 amide bonds. The van der Waals surface area contributed by atoms with Gasteiger partial charge in [-0.1, -0.05) is 38.1 Å². The Balaban J connectivity index is 2.11. The van der Waals surface area contributed by atoms with Crippen molar-refractivity contribution >= 4 is 11.8 Å². The van der Waals surface area contributed by atoms with E-state index < -0.39 is 5.97 Å². The van der Waals surface area contributed by atoms with Gasteiger partial charge in [-0.15, -0.1) is 0 Å². The Hall–Kier alpha value is -2.42. The van der Waals surface area contributed by atoms with Gasteiger partial charge in [-0.05, 0) is 47.7 Å². The number of carbonyl (C=O) groups is 2. The Morgan fingerprint density at radius 1 is 1.09 bits per heavy atom. The highest BCUT2D eigenvalue weighted by molar-refractivity contribution is 6.05. The lowest BCUT2D eigenvalue weighted by Crippen LogP contribution is -2.18. The molecule has 2 aromatic carbocycles. The Morgan fingerprint density at radius 3 is 2.50 bits per heavy atom. The lowest BCUT2D eigenvalue weighted by atomic mass is 9.89. The van der Waals surface area contributed by atoms with E-state index in [0.717, 1.165) is 34.2 Å². The van der Waals surface area contributed by atoms with Crippen LogP contribution in [0.5, 0.6) is 0 Å². The van der Waals surface area contributed by atoms with Crippen LogP contribution in [0.3, 0.4) is 0 Å². The van der Waals surface area contributed by atoms with Gasteiger partial charge in [0.1, 0.15) is 0 Å². The minimum atomic E-state index is -0.932. The number of rotatable bonds is 2. The average Bonchev–Trinajstić information content (AvgIpc) is 2.68. The lowest BCUT2D eigenvalue weighted by Gasteiger charge is -2.13. The number of ketones is 1. The van der Waals surface area contributed by atoms with Crippen LogP contribution in [-0.4, -0.2) is 16.9 Å². The van der Waals surface area contributed by atoms with Gasteiger partial charge in [0.15, 0.2) is 5.78 Å². The molecule has 0 aliphatic heterocycles. The summed E-state index contributed by atoms with van der Waals surface area (Å²) in [4.78, 5) is 23.5. The summed E-state index contributed by atoms with van der Waals surface area (Å²) in [5, 5.41) is 9.16. The van der Waals surface area contributed by atoms with Crippen molar-refractivity contribution < 1.29 is 14.7 Å². The molecule has 1 aliphatic rings. The second-order valence-corrected chi connectivity index (χ2v) is 6.60. The third-order valence-electron chi connectivity index (χ3n) is 4.39. The highest BCUT2D eigenvalue weighted by Gasteiger charge is 2.37. The zero-order chi connectivity index (χ0) is 16.1. The van der Waals surface area contributed by atoms with Crippen molar-refractivity contribution in [3.05, 3.63) is 58.7 Å². The summed E-state index contributed by atoms with van der Waals surface area (Å²) in [5.74, 6) is -0.747. The number of carbonyl (C=O) groups excluding carboxylic acids is 1. The molecule has 0 spiro atoms. The van der Waals surface area contributed by atoms with E-state index in [1.807, 2.05) is 45.0 Å². The molecule has 3 nitrogen and oxygen atoms in total. The predicted octanol–water partition coefficient (Wildman–Crippen LogP) is 4.13. The number of aromatic carboxylic acids is 1. The summed E-state index contributed by atoms with van der Waals surface area (Å²) in [7, 11) is 0. The van der Waals surface area contributed by atoms with E-state index in [9.17, 15) is 9.59 Å². The molecule has 22 heavy (non-hydrogen) atoms. The van der Waals surface area contributed by atoms with Crippen molar-refractivity contribution in [2.24, 2.45) is 5.41 Å². The van der Waals surface area contributed by atoms with E-state index in [4.69, 9.17) is 5.11 Å². The molecule has 1 N–H and O–H groups in total. The average molecular weight is 294 g/mol. The van der Waals surface area contributed by atoms with Crippen LogP contribution in [0.2, 0.25) is 0 Å². The third kappa shape index (κ3) is 2.23. The van der Waals surface area contributed by atoms with Crippen LogP contribution >= 0.6 is 0 Å². The smallest absolute Gasteiger partial charge is 0.335 e. The molecule has 0 fully saturated rings. The standard InChI is InChI=1S/C19H18O3/c1-11-4-5-13(18(21)22)9-16(11)12-6-7-15-14(8-12)10-19(2,3)17(15)20/h4-9H,10H2,1-3H3,(H,21,22). The molecule has 0 bridgehead atoms. The maximum absolute atomic E-state index is 12.3. The van der Waals surface area contributed by atoms with Gasteiger partial charge in [0.2, 0.25) is 0 Å². The molecule has 3 heteroatoms. The van der Waals surface area contributed by atoms with Crippen LogP contribution in [-0.2, 0) is 6.42 Å². The molecular formula is C19H18O3. The van der Waals surface area contributed by atoms with E-state index in [0.29, 0.717) is 0 Å². The number of carboxylic acid groups (broad SMARTS) is 1. The van der Waals surface area contributed by atoms with E-state index in [2.05, 4.69) is 0 Å². The Labute approximate surface area is 129 Å². The van der Waals surface area contributed by atoms with Gasteiger partial charge in [0, 0.05) is 11.0 Å². The number of fused-ring (bicyclic) bond motifs is 1. The molecule has 0 heterocycles. The monoisotopic (exact) mass is 294 g/mol. The molecular weight excluding hydrogens is 276 g/mol. The highest BCUT2D eigenvalue weighted by Crippen LogP contribution is 2.38. The fourth-order valence-electron chi connectivity index (χ4n) is 3.12. The summed E-state index contributed by atoms with van der Waals surface area (Å²) in [6.45, 7) is 5.89. The van der Waals surface area contributed by atoms with E-state index in [1.54, 1.807) is 12.1 Å². The fraction of sp³-hybridized carbons (Fsp3) is 0.263. The fourth-order valence-corrected chi connectivity index (χ4v) is 3.12. The second-order valence-electron chi connectivity index (χ2n) is 6.60. The van der Waals surface area contributed by atoms with Crippen LogP contribution in [0.25, 0.3) is 11.1 Å². The van der Waals surface area contributed by atoms with Gasteiger partial charge in [-0.3, -0.25) is 4.79 Å². The molecule has 112 valence electrons. The third-order valence-corrected chi connectivity index (χ3v) is 4.39. The lowest BCUT2D eigenvalue weighted by molar-refractivity contribution is 0.0696. The van der Waals surface area contributed by atoms with Gasteiger partial charge < -0.3 is 5.11 Å². The van der Waals surface area contributed by atoms with E-state index in [-0.39, 0.29) is 16.8 Å². The number of carboxylic acids is 1. The molecule has 1 aliphatic carbocycles. The van der Waals surface area contributed by atoms with Gasteiger partial charge >= 0.3 is 5.97 Å². The minimum Gasteiger partial charge on any atom is -0.478 e. The first kappa shape index (κ1) is 14.5. The van der Waals surface area contributed by atoms with Crippen molar-refractivity contribution in [1.29, 1.82) is 0 Å². The summed E-state index contributed by atoms with van der Waals surface area (Å²) in [6, 6.07) is 10.9. The van der Waals surface area contributed by atoms with Crippen molar-refractivity contribution in [3.63, 3.8) is 0 Å². The van der Waals surface area contributed by atoms with Gasteiger partial charge in [-0.2, -0.15) is 0 Å².